The lowest BCUT2D eigenvalue weighted by molar-refractivity contribution is -0.122. The minimum absolute atomic E-state index is 0.0389. The molecule has 0 saturated carbocycles. The fourth-order valence-electron chi connectivity index (χ4n) is 3.21. The van der Waals surface area contributed by atoms with Gasteiger partial charge in [-0.1, -0.05) is 17.7 Å². The first-order chi connectivity index (χ1) is 12.9. The number of hydrogen-bond donors (Lipinski definition) is 1. The van der Waals surface area contributed by atoms with Crippen LogP contribution in [0.5, 0.6) is 11.5 Å². The number of ether oxygens (including phenoxy) is 2. The summed E-state index contributed by atoms with van der Waals surface area (Å²) in [6, 6.07) is 11.3. The fraction of sp³-hybridized carbons (Fsp3) is 0.333. The van der Waals surface area contributed by atoms with Crippen LogP contribution in [0.2, 0.25) is 0 Å². The third-order valence-electron chi connectivity index (χ3n) is 4.83. The van der Waals surface area contributed by atoms with Crippen molar-refractivity contribution in [1.29, 1.82) is 0 Å². The molecule has 0 aliphatic carbocycles. The largest absolute Gasteiger partial charge is 0.493 e. The van der Waals surface area contributed by atoms with Gasteiger partial charge in [-0.05, 0) is 37.6 Å². The van der Waals surface area contributed by atoms with E-state index in [4.69, 9.17) is 9.47 Å². The van der Waals surface area contributed by atoms with Crippen molar-refractivity contribution >= 4 is 23.2 Å². The van der Waals surface area contributed by atoms with Crippen LogP contribution in [0, 0.1) is 19.8 Å². The van der Waals surface area contributed by atoms with E-state index in [2.05, 4.69) is 5.32 Å². The standard InChI is InChI=1S/C21H24N2O4/c1-13-5-7-16(8-6-13)23-12-15(10-20(23)24)21(25)22-17-11-19(27-4)18(26-3)9-14(17)2/h5-9,11,15H,10,12H2,1-4H3,(H,22,25)/t15-/m0/s1. The smallest absolute Gasteiger partial charge is 0.229 e. The summed E-state index contributed by atoms with van der Waals surface area (Å²) in [4.78, 5) is 26.8. The Balaban J connectivity index is 1.74. The highest BCUT2D eigenvalue weighted by Gasteiger charge is 2.35. The first-order valence-electron chi connectivity index (χ1n) is 8.83. The second kappa shape index (κ2) is 7.70. The zero-order valence-corrected chi connectivity index (χ0v) is 16.0. The highest BCUT2D eigenvalue weighted by Crippen LogP contribution is 2.33. The fourth-order valence-corrected chi connectivity index (χ4v) is 3.21. The van der Waals surface area contributed by atoms with Gasteiger partial charge in [-0.25, -0.2) is 0 Å². The minimum Gasteiger partial charge on any atom is -0.493 e. The normalized spacial score (nSPS) is 16.4. The van der Waals surface area contributed by atoms with Crippen molar-refractivity contribution in [2.45, 2.75) is 20.3 Å². The van der Waals surface area contributed by atoms with Gasteiger partial charge in [-0.2, -0.15) is 0 Å². The Hall–Kier alpha value is -3.02. The molecule has 0 aromatic heterocycles. The van der Waals surface area contributed by atoms with Crippen LogP contribution >= 0.6 is 0 Å². The van der Waals surface area contributed by atoms with Gasteiger partial charge in [0.05, 0.1) is 20.1 Å². The zero-order chi connectivity index (χ0) is 19.6. The number of hydrogen-bond acceptors (Lipinski definition) is 4. The molecule has 6 heteroatoms. The van der Waals surface area contributed by atoms with Crippen LogP contribution in [0.15, 0.2) is 36.4 Å². The molecule has 2 amide bonds. The molecule has 1 aliphatic heterocycles. The molecule has 2 aromatic carbocycles. The van der Waals surface area contributed by atoms with Gasteiger partial charge in [0.15, 0.2) is 11.5 Å². The summed E-state index contributed by atoms with van der Waals surface area (Å²) < 4.78 is 10.6. The van der Waals surface area contributed by atoms with Gasteiger partial charge in [0, 0.05) is 30.4 Å². The van der Waals surface area contributed by atoms with Crippen LogP contribution in [-0.2, 0) is 9.59 Å². The summed E-state index contributed by atoms with van der Waals surface area (Å²) in [6.45, 7) is 4.26. The van der Waals surface area contributed by atoms with Crippen LogP contribution in [0.4, 0.5) is 11.4 Å². The maximum absolute atomic E-state index is 12.7. The van der Waals surface area contributed by atoms with Crippen molar-refractivity contribution in [1.82, 2.24) is 0 Å². The molecule has 1 aliphatic rings. The van der Waals surface area contributed by atoms with Crippen LogP contribution in [-0.4, -0.2) is 32.6 Å². The Morgan fingerprint density at radius 1 is 1.07 bits per heavy atom. The van der Waals surface area contributed by atoms with Crippen molar-refractivity contribution in [3.63, 3.8) is 0 Å². The van der Waals surface area contributed by atoms with Gasteiger partial charge in [0.1, 0.15) is 0 Å². The van der Waals surface area contributed by atoms with E-state index in [9.17, 15) is 9.59 Å². The molecule has 0 unspecified atom stereocenters. The predicted molar refractivity (Wildman–Crippen MR) is 105 cm³/mol. The van der Waals surface area contributed by atoms with Crippen LogP contribution in [0.1, 0.15) is 17.5 Å². The van der Waals surface area contributed by atoms with Crippen molar-refractivity contribution in [2.24, 2.45) is 5.92 Å². The maximum Gasteiger partial charge on any atom is 0.229 e. The number of aryl methyl sites for hydroxylation is 2. The van der Waals surface area contributed by atoms with Crippen LogP contribution < -0.4 is 19.7 Å². The Morgan fingerprint density at radius 2 is 1.70 bits per heavy atom. The van der Waals surface area contributed by atoms with Gasteiger partial charge < -0.3 is 19.7 Å². The van der Waals surface area contributed by atoms with E-state index in [1.165, 1.54) is 0 Å². The Bertz CT molecular complexity index is 861. The Morgan fingerprint density at radius 3 is 2.33 bits per heavy atom. The SMILES string of the molecule is COc1cc(C)c(NC(=O)[C@H]2CC(=O)N(c3ccc(C)cc3)C2)cc1OC. The number of benzene rings is 2. The highest BCUT2D eigenvalue weighted by atomic mass is 16.5. The summed E-state index contributed by atoms with van der Waals surface area (Å²) in [7, 11) is 3.12. The molecule has 1 saturated heterocycles. The number of nitrogens with one attached hydrogen (secondary N) is 1. The first kappa shape index (κ1) is 18.8. The topological polar surface area (TPSA) is 67.9 Å². The summed E-state index contributed by atoms with van der Waals surface area (Å²) in [5.41, 5.74) is 3.46. The molecule has 1 atom stereocenters. The molecule has 1 N–H and O–H groups in total. The van der Waals surface area contributed by atoms with Gasteiger partial charge in [-0.3, -0.25) is 9.59 Å². The number of nitrogens with zero attached hydrogens (tertiary/aromatic N) is 1. The van der Waals surface area contributed by atoms with Crippen molar-refractivity contribution < 1.29 is 19.1 Å². The molecule has 142 valence electrons. The summed E-state index contributed by atoms with van der Waals surface area (Å²) >= 11 is 0. The molecule has 27 heavy (non-hydrogen) atoms. The second-order valence-electron chi connectivity index (χ2n) is 6.75. The lowest BCUT2D eigenvalue weighted by Gasteiger charge is -2.18. The summed E-state index contributed by atoms with van der Waals surface area (Å²) in [5, 5.41) is 2.93. The number of carbonyl (C=O) groups excluding carboxylic acids is 2. The van der Waals surface area contributed by atoms with E-state index in [0.717, 1.165) is 16.8 Å². The van der Waals surface area contributed by atoms with E-state index < -0.39 is 5.92 Å². The van der Waals surface area contributed by atoms with Gasteiger partial charge in [0.25, 0.3) is 0 Å². The molecular formula is C21H24N2O4. The zero-order valence-electron chi connectivity index (χ0n) is 16.0. The molecule has 1 heterocycles. The lowest BCUT2D eigenvalue weighted by atomic mass is 10.1. The number of anilines is 2. The summed E-state index contributed by atoms with van der Waals surface area (Å²) in [6.07, 6.45) is 0.200. The molecule has 2 aromatic rings. The third-order valence-corrected chi connectivity index (χ3v) is 4.83. The predicted octanol–water partition coefficient (Wildman–Crippen LogP) is 3.31. The molecular weight excluding hydrogens is 344 g/mol. The first-order valence-corrected chi connectivity index (χ1v) is 8.83. The quantitative estimate of drug-likeness (QED) is 0.879. The molecule has 1 fully saturated rings. The average molecular weight is 368 g/mol. The number of carbonyl (C=O) groups is 2. The molecule has 0 spiro atoms. The van der Waals surface area contributed by atoms with Gasteiger partial charge in [0.2, 0.25) is 11.8 Å². The molecule has 3 rings (SSSR count). The van der Waals surface area contributed by atoms with Gasteiger partial charge in [-0.15, -0.1) is 0 Å². The van der Waals surface area contributed by atoms with Crippen molar-refractivity contribution in [3.05, 3.63) is 47.5 Å². The van der Waals surface area contributed by atoms with E-state index >= 15 is 0 Å². The Kier molecular flexibility index (Phi) is 5.35. The monoisotopic (exact) mass is 368 g/mol. The Labute approximate surface area is 159 Å². The van der Waals surface area contributed by atoms with Crippen molar-refractivity contribution in [2.75, 3.05) is 31.0 Å². The molecule has 0 bridgehead atoms. The number of rotatable bonds is 5. The molecule has 6 nitrogen and oxygen atoms in total. The molecule has 0 radical (unpaired) electrons. The van der Waals surface area contributed by atoms with Crippen LogP contribution in [0.25, 0.3) is 0 Å². The van der Waals surface area contributed by atoms with Crippen molar-refractivity contribution in [3.8, 4) is 11.5 Å². The van der Waals surface area contributed by atoms with E-state index in [1.807, 2.05) is 44.2 Å². The van der Waals surface area contributed by atoms with E-state index in [-0.39, 0.29) is 18.2 Å². The third kappa shape index (κ3) is 3.89. The maximum atomic E-state index is 12.7. The highest BCUT2D eigenvalue weighted by molar-refractivity contribution is 6.03. The summed E-state index contributed by atoms with van der Waals surface area (Å²) in [5.74, 6) is 0.541. The second-order valence-corrected chi connectivity index (χ2v) is 6.75. The van der Waals surface area contributed by atoms with E-state index in [0.29, 0.717) is 23.7 Å². The van der Waals surface area contributed by atoms with E-state index in [1.54, 1.807) is 25.2 Å². The number of amides is 2. The van der Waals surface area contributed by atoms with Gasteiger partial charge >= 0.3 is 0 Å². The average Bonchev–Trinajstić information content (AvgIpc) is 3.05. The van der Waals surface area contributed by atoms with Crippen LogP contribution in [0.3, 0.4) is 0 Å². The minimum atomic E-state index is -0.397. The number of methoxy groups -OCH3 is 2. The lowest BCUT2D eigenvalue weighted by Crippen LogP contribution is -2.28.